The predicted octanol–water partition coefficient (Wildman–Crippen LogP) is 3.86. The van der Waals surface area contributed by atoms with Crippen LogP contribution in [-0.4, -0.2) is 0 Å². The van der Waals surface area contributed by atoms with Crippen LogP contribution in [0.25, 0.3) is 0 Å². The molecule has 0 saturated heterocycles. The van der Waals surface area contributed by atoms with Crippen molar-refractivity contribution >= 4 is 0 Å². The standard InChI is InChI=1S/C10H22/c1-5-10(6-2)8-7-9(3)4/h9-10H,5-8H2,1-4H3. The zero-order valence-electron chi connectivity index (χ0n) is 7.98. The normalized spacial score (nSPS) is 11.4. The molecule has 0 heteroatoms. The van der Waals surface area contributed by atoms with E-state index in [0.717, 1.165) is 11.8 Å². The van der Waals surface area contributed by atoms with Crippen molar-refractivity contribution in [2.75, 3.05) is 0 Å². The molecule has 0 spiro atoms. The monoisotopic (exact) mass is 142 g/mol. The summed E-state index contributed by atoms with van der Waals surface area (Å²) in [4.78, 5) is 0. The highest BCUT2D eigenvalue weighted by Gasteiger charge is 2.03. The Labute approximate surface area is 66.0 Å². The maximum Gasteiger partial charge on any atom is -0.0419 e. The van der Waals surface area contributed by atoms with Gasteiger partial charge < -0.3 is 0 Å². The molecule has 0 aromatic rings. The largest absolute Gasteiger partial charge is 0.0651 e. The summed E-state index contributed by atoms with van der Waals surface area (Å²) in [5, 5.41) is 0. The summed E-state index contributed by atoms with van der Waals surface area (Å²) in [6.07, 6.45) is 5.57. The van der Waals surface area contributed by atoms with Gasteiger partial charge in [0.1, 0.15) is 0 Å². The Bertz CT molecular complexity index is 60.4. The SMILES string of the molecule is CCC(CC)CCC(C)C. The van der Waals surface area contributed by atoms with Gasteiger partial charge in [-0.05, 0) is 11.8 Å². The molecule has 0 aromatic heterocycles. The molecule has 0 unspecified atom stereocenters. The Balaban J connectivity index is 3.26. The van der Waals surface area contributed by atoms with E-state index >= 15 is 0 Å². The minimum atomic E-state index is 0.889. The van der Waals surface area contributed by atoms with Crippen LogP contribution in [-0.2, 0) is 0 Å². The maximum absolute atomic E-state index is 2.31. The van der Waals surface area contributed by atoms with Crippen LogP contribution in [0.3, 0.4) is 0 Å². The van der Waals surface area contributed by atoms with Crippen LogP contribution in [0.15, 0.2) is 0 Å². The first-order chi connectivity index (χ1) is 4.70. The van der Waals surface area contributed by atoms with E-state index in [2.05, 4.69) is 27.7 Å². The summed E-state index contributed by atoms with van der Waals surface area (Å²) < 4.78 is 0. The van der Waals surface area contributed by atoms with Gasteiger partial charge in [0.2, 0.25) is 0 Å². The van der Waals surface area contributed by atoms with Crippen molar-refractivity contribution in [2.24, 2.45) is 11.8 Å². The smallest absolute Gasteiger partial charge is 0.0419 e. The molecule has 0 aliphatic rings. The highest BCUT2D eigenvalue weighted by Crippen LogP contribution is 2.17. The van der Waals surface area contributed by atoms with E-state index in [0.29, 0.717) is 0 Å². The first kappa shape index (κ1) is 10.0. The zero-order chi connectivity index (χ0) is 7.98. The fourth-order valence-electron chi connectivity index (χ4n) is 1.27. The van der Waals surface area contributed by atoms with Crippen molar-refractivity contribution < 1.29 is 0 Å². The van der Waals surface area contributed by atoms with E-state index < -0.39 is 0 Å². The van der Waals surface area contributed by atoms with Crippen molar-refractivity contribution in [3.05, 3.63) is 0 Å². The first-order valence-electron chi connectivity index (χ1n) is 4.70. The van der Waals surface area contributed by atoms with Crippen LogP contribution in [0.4, 0.5) is 0 Å². The molecule has 0 aliphatic heterocycles. The highest BCUT2D eigenvalue weighted by atomic mass is 14.1. The Morgan fingerprint density at radius 2 is 1.40 bits per heavy atom. The molecule has 0 radical (unpaired) electrons. The van der Waals surface area contributed by atoms with Gasteiger partial charge in [-0.25, -0.2) is 0 Å². The molecule has 0 amide bonds. The van der Waals surface area contributed by atoms with Gasteiger partial charge in [0.15, 0.2) is 0 Å². The molecule has 0 heterocycles. The fourth-order valence-corrected chi connectivity index (χ4v) is 1.27. The third-order valence-corrected chi connectivity index (χ3v) is 2.31. The minimum Gasteiger partial charge on any atom is -0.0651 e. The lowest BCUT2D eigenvalue weighted by Crippen LogP contribution is -1.98. The molecule has 0 bridgehead atoms. The lowest BCUT2D eigenvalue weighted by Gasteiger charge is -2.12. The van der Waals surface area contributed by atoms with Crippen molar-refractivity contribution in [1.82, 2.24) is 0 Å². The van der Waals surface area contributed by atoms with Crippen molar-refractivity contribution in [1.29, 1.82) is 0 Å². The minimum absolute atomic E-state index is 0.889. The van der Waals surface area contributed by atoms with Gasteiger partial charge in [0.25, 0.3) is 0 Å². The van der Waals surface area contributed by atoms with Gasteiger partial charge in [-0.1, -0.05) is 53.4 Å². The van der Waals surface area contributed by atoms with Gasteiger partial charge in [-0.15, -0.1) is 0 Å². The molecule has 0 atom stereocenters. The topological polar surface area (TPSA) is 0 Å². The van der Waals surface area contributed by atoms with E-state index in [1.165, 1.54) is 25.7 Å². The number of rotatable bonds is 5. The predicted molar refractivity (Wildman–Crippen MR) is 48.1 cm³/mol. The molecule has 0 N–H and O–H groups in total. The van der Waals surface area contributed by atoms with E-state index in [9.17, 15) is 0 Å². The summed E-state index contributed by atoms with van der Waals surface area (Å²) in [7, 11) is 0. The lowest BCUT2D eigenvalue weighted by atomic mass is 9.94. The summed E-state index contributed by atoms with van der Waals surface area (Å²) in [6, 6.07) is 0. The Hall–Kier alpha value is 0. The fraction of sp³-hybridized carbons (Fsp3) is 1.00. The average Bonchev–Trinajstić information content (AvgIpc) is 1.90. The molecule has 0 saturated carbocycles. The second-order valence-corrected chi connectivity index (χ2v) is 3.65. The van der Waals surface area contributed by atoms with Gasteiger partial charge >= 0.3 is 0 Å². The van der Waals surface area contributed by atoms with Crippen molar-refractivity contribution in [3.63, 3.8) is 0 Å². The third kappa shape index (κ3) is 4.84. The molecular weight excluding hydrogens is 120 g/mol. The molecule has 0 aromatic carbocycles. The average molecular weight is 142 g/mol. The Morgan fingerprint density at radius 1 is 0.900 bits per heavy atom. The third-order valence-electron chi connectivity index (χ3n) is 2.31. The molecule has 0 rings (SSSR count). The number of hydrogen-bond acceptors (Lipinski definition) is 0. The quantitative estimate of drug-likeness (QED) is 0.547. The molecule has 0 fully saturated rings. The van der Waals surface area contributed by atoms with Crippen LogP contribution in [0.5, 0.6) is 0 Å². The van der Waals surface area contributed by atoms with Crippen LogP contribution in [0, 0.1) is 11.8 Å². The van der Waals surface area contributed by atoms with E-state index in [1.807, 2.05) is 0 Å². The Kier molecular flexibility index (Phi) is 5.76. The number of hydrogen-bond donors (Lipinski definition) is 0. The second kappa shape index (κ2) is 5.76. The van der Waals surface area contributed by atoms with Gasteiger partial charge in [0.05, 0.1) is 0 Å². The molecule has 0 nitrogen and oxygen atoms in total. The van der Waals surface area contributed by atoms with Crippen LogP contribution in [0.2, 0.25) is 0 Å². The first-order valence-corrected chi connectivity index (χ1v) is 4.70. The van der Waals surface area contributed by atoms with Crippen molar-refractivity contribution in [3.8, 4) is 0 Å². The second-order valence-electron chi connectivity index (χ2n) is 3.65. The highest BCUT2D eigenvalue weighted by molar-refractivity contribution is 4.56. The van der Waals surface area contributed by atoms with Gasteiger partial charge in [-0.2, -0.15) is 0 Å². The van der Waals surface area contributed by atoms with Crippen LogP contribution >= 0.6 is 0 Å². The van der Waals surface area contributed by atoms with Crippen molar-refractivity contribution in [2.45, 2.75) is 53.4 Å². The summed E-state index contributed by atoms with van der Waals surface area (Å²) in [6.45, 7) is 9.22. The summed E-state index contributed by atoms with van der Waals surface area (Å²) >= 11 is 0. The van der Waals surface area contributed by atoms with E-state index in [4.69, 9.17) is 0 Å². The summed E-state index contributed by atoms with van der Waals surface area (Å²) in [5.74, 6) is 1.88. The molecule has 62 valence electrons. The maximum atomic E-state index is 2.31. The molecular formula is C10H22. The van der Waals surface area contributed by atoms with E-state index in [1.54, 1.807) is 0 Å². The van der Waals surface area contributed by atoms with Gasteiger partial charge in [-0.3, -0.25) is 0 Å². The van der Waals surface area contributed by atoms with Crippen LogP contribution in [0.1, 0.15) is 53.4 Å². The van der Waals surface area contributed by atoms with Gasteiger partial charge in [0, 0.05) is 0 Å². The zero-order valence-corrected chi connectivity index (χ0v) is 7.98. The lowest BCUT2D eigenvalue weighted by molar-refractivity contribution is 0.403. The molecule has 10 heavy (non-hydrogen) atoms. The Morgan fingerprint density at radius 3 is 1.70 bits per heavy atom. The van der Waals surface area contributed by atoms with Crippen LogP contribution < -0.4 is 0 Å². The van der Waals surface area contributed by atoms with E-state index in [-0.39, 0.29) is 0 Å². The summed E-state index contributed by atoms with van der Waals surface area (Å²) in [5.41, 5.74) is 0. The molecule has 0 aliphatic carbocycles.